The molecule has 1 N–H and O–H groups in total. The molecule has 1 aromatic rings. The third-order valence-corrected chi connectivity index (χ3v) is 5.81. The second-order valence-corrected chi connectivity index (χ2v) is 7.54. The minimum atomic E-state index is 0.199. The molecule has 1 atom stereocenters. The first-order valence-corrected chi connectivity index (χ1v) is 10.0. The number of hydrogen-bond donors (Lipinski definition) is 1. The van der Waals surface area contributed by atoms with Crippen molar-refractivity contribution in [2.45, 2.75) is 45.1 Å². The van der Waals surface area contributed by atoms with Crippen LogP contribution in [0.15, 0.2) is 30.3 Å². The number of piperidine rings is 2. The normalized spacial score (nSPS) is 23.5. The maximum absolute atomic E-state index is 12.2. The van der Waals surface area contributed by atoms with Crippen molar-refractivity contribution in [1.29, 1.82) is 0 Å². The van der Waals surface area contributed by atoms with Crippen LogP contribution in [0.3, 0.4) is 0 Å². The molecule has 0 aromatic heterocycles. The summed E-state index contributed by atoms with van der Waals surface area (Å²) in [5.41, 5.74) is 1.44. The lowest BCUT2D eigenvalue weighted by Gasteiger charge is -2.42. The van der Waals surface area contributed by atoms with E-state index in [-0.39, 0.29) is 11.8 Å². The van der Waals surface area contributed by atoms with Crippen molar-refractivity contribution in [2.24, 2.45) is 5.92 Å². The van der Waals surface area contributed by atoms with Crippen molar-refractivity contribution in [3.63, 3.8) is 0 Å². The van der Waals surface area contributed by atoms with Gasteiger partial charge >= 0.3 is 0 Å². The van der Waals surface area contributed by atoms with Gasteiger partial charge in [0.05, 0.1) is 5.92 Å². The molecule has 2 fully saturated rings. The highest BCUT2D eigenvalue weighted by atomic mass is 16.1. The number of hydrogen-bond acceptors (Lipinski definition) is 3. The fourth-order valence-electron chi connectivity index (χ4n) is 4.31. The van der Waals surface area contributed by atoms with Crippen molar-refractivity contribution in [1.82, 2.24) is 15.1 Å². The molecule has 2 saturated heterocycles. The van der Waals surface area contributed by atoms with Crippen LogP contribution in [-0.2, 0) is 11.2 Å². The topological polar surface area (TPSA) is 35.6 Å². The summed E-state index contributed by atoms with van der Waals surface area (Å²) in [5.74, 6) is 0.456. The second kappa shape index (κ2) is 9.35. The molecule has 0 aliphatic carbocycles. The fraction of sp³-hybridized carbons (Fsp3) is 0.667. The molecule has 1 unspecified atom stereocenters. The molecule has 4 nitrogen and oxygen atoms in total. The molecule has 1 aromatic carbocycles. The molecule has 1 amide bonds. The van der Waals surface area contributed by atoms with E-state index in [0.717, 1.165) is 38.9 Å². The Balaban J connectivity index is 1.41. The van der Waals surface area contributed by atoms with Crippen LogP contribution in [0.5, 0.6) is 0 Å². The highest BCUT2D eigenvalue weighted by Gasteiger charge is 2.31. The second-order valence-electron chi connectivity index (χ2n) is 7.54. The van der Waals surface area contributed by atoms with E-state index in [1.54, 1.807) is 0 Å². The molecule has 0 saturated carbocycles. The van der Waals surface area contributed by atoms with Crippen molar-refractivity contribution >= 4 is 5.91 Å². The largest absolute Gasteiger partial charge is 0.356 e. The van der Waals surface area contributed by atoms with Crippen LogP contribution in [0.25, 0.3) is 0 Å². The van der Waals surface area contributed by atoms with Gasteiger partial charge in [0, 0.05) is 25.7 Å². The Morgan fingerprint density at radius 1 is 1.12 bits per heavy atom. The molecular formula is C21H33N3O. The molecule has 4 heteroatoms. The van der Waals surface area contributed by atoms with Crippen molar-refractivity contribution in [3.05, 3.63) is 35.9 Å². The summed E-state index contributed by atoms with van der Waals surface area (Å²) in [6.07, 6.45) is 5.86. The van der Waals surface area contributed by atoms with Gasteiger partial charge in [-0.05, 0) is 64.2 Å². The van der Waals surface area contributed by atoms with Crippen LogP contribution in [0, 0.1) is 5.92 Å². The van der Waals surface area contributed by atoms with Crippen LogP contribution in [0.4, 0.5) is 0 Å². The van der Waals surface area contributed by atoms with Crippen molar-refractivity contribution in [2.75, 3.05) is 39.3 Å². The molecule has 138 valence electrons. The quantitative estimate of drug-likeness (QED) is 0.862. The number of amides is 1. The lowest BCUT2D eigenvalue weighted by atomic mass is 9.93. The number of nitrogens with zero attached hydrogens (tertiary/aromatic N) is 2. The Bertz CT molecular complexity index is 525. The average Bonchev–Trinajstić information content (AvgIpc) is 2.68. The maximum atomic E-state index is 12.2. The van der Waals surface area contributed by atoms with Crippen LogP contribution >= 0.6 is 0 Å². The lowest BCUT2D eigenvalue weighted by Crippen LogP contribution is -2.51. The van der Waals surface area contributed by atoms with Gasteiger partial charge in [-0.1, -0.05) is 30.3 Å². The summed E-state index contributed by atoms with van der Waals surface area (Å²) in [5, 5.41) is 3.00. The molecule has 2 heterocycles. The van der Waals surface area contributed by atoms with Gasteiger partial charge in [0.15, 0.2) is 0 Å². The predicted molar refractivity (Wildman–Crippen MR) is 103 cm³/mol. The average molecular weight is 344 g/mol. The molecule has 2 aliphatic heterocycles. The smallest absolute Gasteiger partial charge is 0.224 e. The molecule has 2 aliphatic rings. The molecule has 0 radical (unpaired) electrons. The van der Waals surface area contributed by atoms with Gasteiger partial charge < -0.3 is 10.2 Å². The lowest BCUT2D eigenvalue weighted by molar-refractivity contribution is -0.127. The Hall–Kier alpha value is -1.39. The van der Waals surface area contributed by atoms with Gasteiger partial charge in [0.25, 0.3) is 0 Å². The first-order valence-electron chi connectivity index (χ1n) is 10.0. The SMILES string of the molecule is CCNC(=O)C1CCCN(C2CCN(CCc3ccccc3)CC2)C1. The predicted octanol–water partition coefficient (Wildman–Crippen LogP) is 2.54. The monoisotopic (exact) mass is 343 g/mol. The number of nitrogens with one attached hydrogen (secondary N) is 1. The first kappa shape index (κ1) is 18.4. The maximum Gasteiger partial charge on any atom is 0.224 e. The summed E-state index contributed by atoms with van der Waals surface area (Å²) in [4.78, 5) is 17.4. The van der Waals surface area contributed by atoms with Crippen LogP contribution in [-0.4, -0.2) is 61.0 Å². The highest BCUT2D eigenvalue weighted by molar-refractivity contribution is 5.78. The van der Waals surface area contributed by atoms with Crippen molar-refractivity contribution in [3.8, 4) is 0 Å². The zero-order valence-corrected chi connectivity index (χ0v) is 15.6. The summed E-state index contributed by atoms with van der Waals surface area (Å²) in [6.45, 7) is 8.43. The highest BCUT2D eigenvalue weighted by Crippen LogP contribution is 2.24. The van der Waals surface area contributed by atoms with Crippen LogP contribution in [0.1, 0.15) is 38.2 Å². The van der Waals surface area contributed by atoms with E-state index >= 15 is 0 Å². The number of benzene rings is 1. The molecule has 0 spiro atoms. The van der Waals surface area contributed by atoms with E-state index in [0.29, 0.717) is 6.04 Å². The number of carbonyl (C=O) groups is 1. The molecule has 0 bridgehead atoms. The van der Waals surface area contributed by atoms with Gasteiger partial charge in [0.2, 0.25) is 5.91 Å². The van der Waals surface area contributed by atoms with Crippen LogP contribution < -0.4 is 5.32 Å². The Labute approximate surface area is 152 Å². The summed E-state index contributed by atoms with van der Waals surface area (Å²) in [7, 11) is 0. The molecule has 3 rings (SSSR count). The van der Waals surface area contributed by atoms with Crippen molar-refractivity contribution < 1.29 is 4.79 Å². The van der Waals surface area contributed by atoms with Gasteiger partial charge in [-0.3, -0.25) is 9.69 Å². The minimum absolute atomic E-state index is 0.199. The fourth-order valence-corrected chi connectivity index (χ4v) is 4.31. The summed E-state index contributed by atoms with van der Waals surface area (Å²) in [6, 6.07) is 11.5. The summed E-state index contributed by atoms with van der Waals surface area (Å²) >= 11 is 0. The zero-order valence-electron chi connectivity index (χ0n) is 15.6. The number of likely N-dealkylation sites (tertiary alicyclic amines) is 2. The van der Waals surface area contributed by atoms with E-state index in [1.807, 2.05) is 6.92 Å². The van der Waals surface area contributed by atoms with E-state index < -0.39 is 0 Å². The van der Waals surface area contributed by atoms with E-state index in [1.165, 1.54) is 38.0 Å². The third kappa shape index (κ3) is 5.29. The number of rotatable bonds is 6. The van der Waals surface area contributed by atoms with E-state index in [4.69, 9.17) is 0 Å². The van der Waals surface area contributed by atoms with Gasteiger partial charge in [-0.2, -0.15) is 0 Å². The molecule has 25 heavy (non-hydrogen) atoms. The Kier molecular flexibility index (Phi) is 6.88. The molecular weight excluding hydrogens is 310 g/mol. The minimum Gasteiger partial charge on any atom is -0.356 e. The van der Waals surface area contributed by atoms with Gasteiger partial charge in [0.1, 0.15) is 0 Å². The summed E-state index contributed by atoms with van der Waals surface area (Å²) < 4.78 is 0. The first-order chi connectivity index (χ1) is 12.3. The standard InChI is InChI=1S/C21H33N3O/c1-2-22-21(25)19-9-6-13-24(17-19)20-11-15-23(16-12-20)14-10-18-7-4-3-5-8-18/h3-5,7-8,19-20H,2,6,9-17H2,1H3,(H,22,25). The zero-order chi connectivity index (χ0) is 17.5. The van der Waals surface area contributed by atoms with Gasteiger partial charge in [-0.15, -0.1) is 0 Å². The Morgan fingerprint density at radius 3 is 2.60 bits per heavy atom. The Morgan fingerprint density at radius 2 is 1.88 bits per heavy atom. The third-order valence-electron chi connectivity index (χ3n) is 5.81. The van der Waals surface area contributed by atoms with Crippen LogP contribution in [0.2, 0.25) is 0 Å². The number of carbonyl (C=O) groups excluding carboxylic acids is 1. The van der Waals surface area contributed by atoms with E-state index in [2.05, 4.69) is 45.4 Å². The van der Waals surface area contributed by atoms with Gasteiger partial charge in [-0.25, -0.2) is 0 Å². The van der Waals surface area contributed by atoms with E-state index in [9.17, 15) is 4.79 Å².